The maximum atomic E-state index is 14.7. The van der Waals surface area contributed by atoms with Crippen LogP contribution in [-0.2, 0) is 47.9 Å². The molecule has 11 atom stereocenters. The summed E-state index contributed by atoms with van der Waals surface area (Å²) in [5.74, 6) is -9.39. The first-order valence-corrected chi connectivity index (χ1v) is 32.3. The Labute approximate surface area is 547 Å². The van der Waals surface area contributed by atoms with E-state index in [2.05, 4.69) is 74.4 Å². The fourth-order valence-electron chi connectivity index (χ4n) is 9.50. The van der Waals surface area contributed by atoms with Gasteiger partial charge in [-0.05, 0) is 127 Å². The normalized spacial score (nSPS) is 14.7. The summed E-state index contributed by atoms with van der Waals surface area (Å²) in [5.41, 5.74) is 27.9. The number of nitrogens with one attached hydrogen (secondary N) is 18. The molecule has 93 heavy (non-hydrogen) atoms. The van der Waals surface area contributed by atoms with Crippen molar-refractivity contribution < 1.29 is 53.1 Å². The minimum Gasteiger partial charge on any atom is -0.394 e. The lowest BCUT2D eigenvalue weighted by atomic mass is 9.99. The highest BCUT2D eigenvalue weighted by Gasteiger charge is 2.36. The summed E-state index contributed by atoms with van der Waals surface area (Å²) in [5, 5.41) is 78.3. The molecule has 0 aliphatic carbocycles. The first-order chi connectivity index (χ1) is 43.6. The lowest BCUT2D eigenvalue weighted by Gasteiger charge is -2.29. The van der Waals surface area contributed by atoms with E-state index in [1.807, 2.05) is 48.5 Å². The van der Waals surface area contributed by atoms with Crippen molar-refractivity contribution in [2.45, 2.75) is 226 Å². The molecule has 0 unspecified atom stereocenters. The van der Waals surface area contributed by atoms with E-state index in [0.717, 1.165) is 6.42 Å². The number of hydrogen-bond donors (Lipinski definition) is 24. The van der Waals surface area contributed by atoms with Crippen molar-refractivity contribution in [3.63, 3.8) is 0 Å². The van der Waals surface area contributed by atoms with Gasteiger partial charge in [0.25, 0.3) is 0 Å². The number of rotatable bonds is 48. The molecule has 0 saturated carbocycles. The molecule has 34 nitrogen and oxygen atoms in total. The molecule has 29 N–H and O–H groups in total. The predicted molar refractivity (Wildman–Crippen MR) is 355 cm³/mol. The molecular weight excluding hydrogens is 1210 g/mol. The number of carbonyl (C=O) groups is 10. The summed E-state index contributed by atoms with van der Waals surface area (Å²) in [6.45, 7) is 17.7. The molecule has 0 spiro atoms. The van der Waals surface area contributed by atoms with E-state index in [0.29, 0.717) is 12.8 Å². The minimum absolute atomic E-state index is 0.000145. The lowest BCUT2D eigenvalue weighted by molar-refractivity contribution is -0.136. The first kappa shape index (κ1) is 84.7. The summed E-state index contributed by atoms with van der Waals surface area (Å²) in [6, 6.07) is -12.2. The average Bonchev–Trinajstić information content (AvgIpc) is 1.98. The lowest BCUT2D eigenvalue weighted by Crippen LogP contribution is -2.61. The van der Waals surface area contributed by atoms with Crippen LogP contribution >= 0.6 is 0 Å². The van der Waals surface area contributed by atoms with Crippen molar-refractivity contribution in [1.29, 1.82) is 21.6 Å². The Balaban J connectivity index is 7.45. The molecule has 0 aliphatic heterocycles. The highest BCUT2D eigenvalue weighted by Crippen LogP contribution is 2.14. The predicted octanol–water partition coefficient (Wildman–Crippen LogP) is -3.77. The molecule has 0 fully saturated rings. The van der Waals surface area contributed by atoms with Gasteiger partial charge >= 0.3 is 0 Å². The van der Waals surface area contributed by atoms with Gasteiger partial charge in [-0.3, -0.25) is 69.6 Å². The molecule has 0 rings (SSSR count). The van der Waals surface area contributed by atoms with Crippen LogP contribution < -0.4 is 103 Å². The summed E-state index contributed by atoms with van der Waals surface area (Å²) in [4.78, 5) is 140. The Morgan fingerprint density at radius 3 is 0.828 bits per heavy atom. The Morgan fingerprint density at radius 2 is 0.591 bits per heavy atom. The van der Waals surface area contributed by atoms with Crippen molar-refractivity contribution in [2.24, 2.45) is 52.3 Å². The van der Waals surface area contributed by atoms with Gasteiger partial charge in [0, 0.05) is 39.1 Å². The second kappa shape index (κ2) is 46.7. The zero-order valence-electron chi connectivity index (χ0n) is 56.3. The largest absolute Gasteiger partial charge is 0.394 e. The zero-order valence-corrected chi connectivity index (χ0v) is 56.3. The van der Waals surface area contributed by atoms with Crippen LogP contribution in [0, 0.1) is 45.3 Å². The van der Waals surface area contributed by atoms with Gasteiger partial charge < -0.3 is 108 Å². The number of nitrogens with two attached hydrogens (primary N) is 5. The minimum atomic E-state index is -1.47. The SMILES string of the molecule is CC[C@H](C)[C@@H](C)NC(=O)[C@H](CO)NC(=O)[C@H](CC(C)C)NC(=O)[C@H](CC(C)C)NC(=O)[C@H](CCCNC(=N)N)NC(=O)[C@H](CCCNC(=N)N)NC(=O)[C@H](CCCNC(=N)N)NC(=O)[C@H](CCCCN)NC(=O)[C@H](CCCNC(=N)N)NC(=O)[C@H](CC(C)C)NC(C)=O. The maximum absolute atomic E-state index is 14.7. The van der Waals surface area contributed by atoms with Crippen LogP contribution in [0.3, 0.4) is 0 Å². The van der Waals surface area contributed by atoms with E-state index in [4.69, 9.17) is 50.3 Å². The number of unbranched alkanes of at least 4 members (excludes halogenated alkanes) is 1. The number of hydrogen-bond acceptors (Lipinski definition) is 16. The molecule has 532 valence electrons. The Bertz CT molecular complexity index is 2420. The second-order valence-electron chi connectivity index (χ2n) is 24.7. The highest BCUT2D eigenvalue weighted by atomic mass is 16.3. The molecule has 0 bridgehead atoms. The number of guanidine groups is 4. The fourth-order valence-corrected chi connectivity index (χ4v) is 9.50. The van der Waals surface area contributed by atoms with Crippen LogP contribution in [0.5, 0.6) is 0 Å². The standard InChI is InChI=1S/C59H115N23O11/c1-11-35(8)36(9)73-55(93)46(31-83)82-54(92)45(30-34(6)7)81-53(91)44(29-33(4)5)80-51(89)42(22-17-27-72-59(67)68)78-49(87)40(20-15-25-70-57(63)64)77-48(86)39(19-14-24-69-56(61)62)76-47(85)38(18-12-13-23-60)75-50(88)41(21-16-26-71-58(65)66)79-52(90)43(28-32(2)3)74-37(10)84/h32-36,38-46,83H,11-31,60H2,1-10H3,(H,73,93)(H,74,84)(H,75,88)(H,76,85)(H,77,86)(H,78,87)(H,79,90)(H,80,89)(H,81,91)(H,82,92)(H4,61,62,69)(H4,63,64,70)(H4,65,66,71)(H4,67,68,72)/t35-,36+,38-,39-,40-,41-,42-,43-,44-,45-,46-/m0/s1. The van der Waals surface area contributed by atoms with Gasteiger partial charge in [-0.1, -0.05) is 61.8 Å². The van der Waals surface area contributed by atoms with Gasteiger partial charge in [0.2, 0.25) is 59.1 Å². The third kappa shape index (κ3) is 38.3. The van der Waals surface area contributed by atoms with Gasteiger partial charge in [0.05, 0.1) is 6.61 Å². The molecule has 34 heteroatoms. The van der Waals surface area contributed by atoms with E-state index >= 15 is 0 Å². The van der Waals surface area contributed by atoms with E-state index in [1.165, 1.54) is 6.92 Å². The molecule has 10 amide bonds. The van der Waals surface area contributed by atoms with Crippen LogP contribution in [0.25, 0.3) is 0 Å². The molecule has 0 saturated heterocycles. The monoisotopic (exact) mass is 1320 g/mol. The molecule has 0 aliphatic rings. The Hall–Kier alpha value is -8.30. The highest BCUT2D eigenvalue weighted by molar-refractivity contribution is 5.98. The molecule has 0 aromatic carbocycles. The topological polar surface area (TPSA) is 585 Å². The summed E-state index contributed by atoms with van der Waals surface area (Å²) in [7, 11) is 0. The average molecular weight is 1320 g/mol. The van der Waals surface area contributed by atoms with Crippen LogP contribution in [0.15, 0.2) is 0 Å². The number of carbonyl (C=O) groups excluding carboxylic acids is 10. The van der Waals surface area contributed by atoms with Gasteiger partial charge in [-0.15, -0.1) is 0 Å². The van der Waals surface area contributed by atoms with E-state index in [1.54, 1.807) is 13.8 Å². The first-order valence-electron chi connectivity index (χ1n) is 32.3. The van der Waals surface area contributed by atoms with Gasteiger partial charge in [0.1, 0.15) is 54.4 Å². The number of aliphatic hydroxyl groups is 1. The molecule has 0 heterocycles. The van der Waals surface area contributed by atoms with Crippen molar-refractivity contribution in [1.82, 2.24) is 74.4 Å². The Kier molecular flexibility index (Phi) is 42.5. The number of aliphatic hydroxyl groups excluding tert-OH is 1. The smallest absolute Gasteiger partial charge is 0.245 e. The van der Waals surface area contributed by atoms with Gasteiger partial charge in [-0.2, -0.15) is 0 Å². The van der Waals surface area contributed by atoms with Crippen LogP contribution in [-0.4, -0.2) is 188 Å². The molecule has 0 radical (unpaired) electrons. The molecular formula is C59H115N23O11. The van der Waals surface area contributed by atoms with E-state index < -0.39 is 120 Å². The second-order valence-corrected chi connectivity index (χ2v) is 24.7. The Morgan fingerprint density at radius 1 is 0.355 bits per heavy atom. The third-order valence-electron chi connectivity index (χ3n) is 14.8. The fraction of sp³-hybridized carbons (Fsp3) is 0.763. The van der Waals surface area contributed by atoms with Crippen LogP contribution in [0.2, 0.25) is 0 Å². The van der Waals surface area contributed by atoms with Gasteiger partial charge in [0.15, 0.2) is 23.8 Å². The van der Waals surface area contributed by atoms with Crippen molar-refractivity contribution >= 4 is 82.9 Å². The molecule has 0 aromatic rings. The van der Waals surface area contributed by atoms with Crippen molar-refractivity contribution in [3.8, 4) is 0 Å². The third-order valence-corrected chi connectivity index (χ3v) is 14.8. The summed E-state index contributed by atoms with van der Waals surface area (Å²) in [6.07, 6.45) is 1.99. The van der Waals surface area contributed by atoms with Crippen molar-refractivity contribution in [2.75, 3.05) is 39.3 Å². The summed E-state index contributed by atoms with van der Waals surface area (Å²) < 4.78 is 0. The number of amides is 10. The summed E-state index contributed by atoms with van der Waals surface area (Å²) >= 11 is 0. The van der Waals surface area contributed by atoms with E-state index in [-0.39, 0.29) is 163 Å². The zero-order chi connectivity index (χ0) is 70.9. The molecule has 0 aromatic heterocycles. The maximum Gasteiger partial charge on any atom is 0.245 e. The van der Waals surface area contributed by atoms with Gasteiger partial charge in [-0.25, -0.2) is 0 Å². The van der Waals surface area contributed by atoms with Crippen molar-refractivity contribution in [3.05, 3.63) is 0 Å². The van der Waals surface area contributed by atoms with Crippen LogP contribution in [0.4, 0.5) is 0 Å². The quantitative estimate of drug-likeness (QED) is 0.0158. The van der Waals surface area contributed by atoms with Crippen LogP contribution in [0.1, 0.15) is 166 Å². The van der Waals surface area contributed by atoms with E-state index in [9.17, 15) is 53.1 Å².